The van der Waals surface area contributed by atoms with Crippen LogP contribution in [0, 0.1) is 12.7 Å². The van der Waals surface area contributed by atoms with Gasteiger partial charge in [0.1, 0.15) is 5.82 Å². The number of halogens is 2. The monoisotopic (exact) mass is 400 g/mol. The molecule has 5 nitrogen and oxygen atoms in total. The number of sulfonamides is 1. The molecule has 0 spiro atoms. The van der Waals surface area contributed by atoms with Crippen LogP contribution in [0.2, 0.25) is 0 Å². The van der Waals surface area contributed by atoms with E-state index >= 15 is 0 Å². The van der Waals surface area contributed by atoms with Crippen LogP contribution in [0.3, 0.4) is 0 Å². The molecular weight excluding hydrogens is 387 g/mol. The fraction of sp³-hybridized carbons (Fsp3) is 0.133. The second kappa shape index (κ2) is 6.77. The van der Waals surface area contributed by atoms with Gasteiger partial charge in [-0.25, -0.2) is 17.9 Å². The Balaban J connectivity index is 2.19. The number of aryl methyl sites for hydroxylation is 1. The summed E-state index contributed by atoms with van der Waals surface area (Å²) in [6.07, 6.45) is 0. The Labute approximate surface area is 141 Å². The molecule has 0 aliphatic carbocycles. The van der Waals surface area contributed by atoms with Crippen LogP contribution in [-0.4, -0.2) is 14.3 Å². The molecule has 2 rings (SSSR count). The number of nitrogens with one attached hydrogen (secondary N) is 1. The molecule has 0 fully saturated rings. The van der Waals surface area contributed by atoms with Gasteiger partial charge in [-0.15, -0.1) is 0 Å². The lowest BCUT2D eigenvalue weighted by atomic mass is 10.1. The zero-order valence-corrected chi connectivity index (χ0v) is 14.5. The zero-order valence-electron chi connectivity index (χ0n) is 12.1. The molecule has 8 heteroatoms. The molecule has 3 N–H and O–H groups in total. The van der Waals surface area contributed by atoms with Crippen molar-refractivity contribution >= 4 is 31.9 Å². The second-order valence-corrected chi connectivity index (χ2v) is 7.37. The van der Waals surface area contributed by atoms with Crippen molar-refractivity contribution in [3.05, 3.63) is 63.4 Å². The van der Waals surface area contributed by atoms with Gasteiger partial charge in [-0.1, -0.05) is 12.1 Å². The summed E-state index contributed by atoms with van der Waals surface area (Å²) in [7, 11) is -3.90. The van der Waals surface area contributed by atoms with Gasteiger partial charge < -0.3 is 5.32 Å². The third kappa shape index (κ3) is 4.37. The van der Waals surface area contributed by atoms with E-state index in [9.17, 15) is 17.6 Å². The van der Waals surface area contributed by atoms with E-state index < -0.39 is 15.9 Å². The molecule has 0 unspecified atom stereocenters. The Hall–Kier alpha value is -1.77. The van der Waals surface area contributed by atoms with E-state index in [1.54, 1.807) is 19.1 Å². The SMILES string of the molecule is Cc1ccc(CNC(=O)c2cc(S(N)(=O)=O)ccc2Br)cc1F. The third-order valence-corrected chi connectivity index (χ3v) is 4.80. The van der Waals surface area contributed by atoms with Crippen molar-refractivity contribution in [2.24, 2.45) is 5.14 Å². The first-order valence-corrected chi connectivity index (χ1v) is 8.88. The van der Waals surface area contributed by atoms with Gasteiger partial charge in [-0.05, 0) is 58.2 Å². The van der Waals surface area contributed by atoms with Crippen molar-refractivity contribution in [2.75, 3.05) is 0 Å². The van der Waals surface area contributed by atoms with Crippen molar-refractivity contribution in [3.8, 4) is 0 Å². The topological polar surface area (TPSA) is 89.3 Å². The van der Waals surface area contributed by atoms with Crippen molar-refractivity contribution in [2.45, 2.75) is 18.4 Å². The van der Waals surface area contributed by atoms with Crippen LogP contribution >= 0.6 is 15.9 Å². The zero-order chi connectivity index (χ0) is 17.2. The highest BCUT2D eigenvalue weighted by Crippen LogP contribution is 2.20. The molecule has 2 aromatic rings. The lowest BCUT2D eigenvalue weighted by molar-refractivity contribution is 0.0950. The van der Waals surface area contributed by atoms with Gasteiger partial charge >= 0.3 is 0 Å². The van der Waals surface area contributed by atoms with Crippen LogP contribution in [0.15, 0.2) is 45.8 Å². The molecule has 122 valence electrons. The van der Waals surface area contributed by atoms with Gasteiger partial charge in [0, 0.05) is 11.0 Å². The molecule has 1 amide bonds. The Kier molecular flexibility index (Phi) is 5.18. The minimum atomic E-state index is -3.90. The summed E-state index contributed by atoms with van der Waals surface area (Å²) in [6.45, 7) is 1.76. The number of primary sulfonamides is 1. The predicted molar refractivity (Wildman–Crippen MR) is 87.8 cm³/mol. The Bertz CT molecular complexity index is 869. The van der Waals surface area contributed by atoms with Crippen molar-refractivity contribution < 1.29 is 17.6 Å². The molecule has 0 aromatic heterocycles. The Morgan fingerprint density at radius 2 is 1.96 bits per heavy atom. The third-order valence-electron chi connectivity index (χ3n) is 3.20. The van der Waals surface area contributed by atoms with E-state index in [-0.39, 0.29) is 22.8 Å². The number of benzene rings is 2. The largest absolute Gasteiger partial charge is 0.348 e. The summed E-state index contributed by atoms with van der Waals surface area (Å²) in [5.74, 6) is -0.850. The summed E-state index contributed by atoms with van der Waals surface area (Å²) >= 11 is 3.19. The highest BCUT2D eigenvalue weighted by atomic mass is 79.9. The van der Waals surface area contributed by atoms with E-state index in [1.807, 2.05) is 0 Å². The number of nitrogens with two attached hydrogens (primary N) is 1. The summed E-state index contributed by atoms with van der Waals surface area (Å²) in [6, 6.07) is 8.57. The number of carbonyl (C=O) groups excluding carboxylic acids is 1. The first-order chi connectivity index (χ1) is 10.7. The molecule has 0 aliphatic heterocycles. The van der Waals surface area contributed by atoms with Crippen molar-refractivity contribution in [3.63, 3.8) is 0 Å². The number of rotatable bonds is 4. The molecule has 0 saturated heterocycles. The fourth-order valence-corrected chi connectivity index (χ4v) is 2.85. The van der Waals surface area contributed by atoms with Gasteiger partial charge in [0.15, 0.2) is 0 Å². The maximum absolute atomic E-state index is 13.5. The summed E-state index contributed by atoms with van der Waals surface area (Å²) in [4.78, 5) is 12.0. The maximum atomic E-state index is 13.5. The number of amides is 1. The standard InChI is InChI=1S/C15H14BrFN2O3S/c1-9-2-3-10(6-14(9)17)8-19-15(20)12-7-11(23(18,21)22)4-5-13(12)16/h2-7H,8H2,1H3,(H,19,20)(H2,18,21,22). The normalized spacial score (nSPS) is 11.3. The molecule has 0 aliphatic rings. The molecular formula is C15H14BrFN2O3S. The minimum Gasteiger partial charge on any atom is -0.348 e. The fourth-order valence-electron chi connectivity index (χ4n) is 1.88. The average molecular weight is 401 g/mol. The van der Waals surface area contributed by atoms with Crippen LogP contribution in [0.5, 0.6) is 0 Å². The van der Waals surface area contributed by atoms with Crippen LogP contribution in [-0.2, 0) is 16.6 Å². The summed E-state index contributed by atoms with van der Waals surface area (Å²) < 4.78 is 36.6. The molecule has 0 atom stereocenters. The lowest BCUT2D eigenvalue weighted by Gasteiger charge is -2.09. The number of hydrogen-bond donors (Lipinski definition) is 2. The molecule has 0 radical (unpaired) electrons. The van der Waals surface area contributed by atoms with Gasteiger partial charge in [-0.3, -0.25) is 4.79 Å². The summed E-state index contributed by atoms with van der Waals surface area (Å²) in [5.41, 5.74) is 1.24. The van der Waals surface area contributed by atoms with Crippen LogP contribution in [0.4, 0.5) is 4.39 Å². The van der Waals surface area contributed by atoms with E-state index in [2.05, 4.69) is 21.2 Å². The second-order valence-electron chi connectivity index (χ2n) is 4.95. The van der Waals surface area contributed by atoms with Crippen LogP contribution in [0.25, 0.3) is 0 Å². The summed E-state index contributed by atoms with van der Waals surface area (Å²) in [5, 5.41) is 7.67. The van der Waals surface area contributed by atoms with E-state index in [0.717, 1.165) is 0 Å². The molecule has 0 bridgehead atoms. The highest BCUT2D eigenvalue weighted by molar-refractivity contribution is 9.10. The van der Waals surface area contributed by atoms with Gasteiger partial charge in [0.05, 0.1) is 10.5 Å². The van der Waals surface area contributed by atoms with Crippen molar-refractivity contribution in [1.29, 1.82) is 0 Å². The highest BCUT2D eigenvalue weighted by Gasteiger charge is 2.15. The number of hydrogen-bond acceptors (Lipinski definition) is 3. The van der Waals surface area contributed by atoms with E-state index in [1.165, 1.54) is 24.3 Å². The van der Waals surface area contributed by atoms with Gasteiger partial charge in [-0.2, -0.15) is 0 Å². The molecule has 23 heavy (non-hydrogen) atoms. The maximum Gasteiger partial charge on any atom is 0.252 e. The lowest BCUT2D eigenvalue weighted by Crippen LogP contribution is -2.24. The van der Waals surface area contributed by atoms with E-state index in [0.29, 0.717) is 15.6 Å². The minimum absolute atomic E-state index is 0.113. The quantitative estimate of drug-likeness (QED) is 0.825. The van der Waals surface area contributed by atoms with Crippen LogP contribution in [0.1, 0.15) is 21.5 Å². The van der Waals surface area contributed by atoms with Gasteiger partial charge in [0.25, 0.3) is 5.91 Å². The first-order valence-electron chi connectivity index (χ1n) is 6.54. The first kappa shape index (κ1) is 17.6. The average Bonchev–Trinajstić information content (AvgIpc) is 2.47. The van der Waals surface area contributed by atoms with E-state index in [4.69, 9.17) is 5.14 Å². The van der Waals surface area contributed by atoms with Crippen LogP contribution < -0.4 is 10.5 Å². The molecule has 0 heterocycles. The van der Waals surface area contributed by atoms with Crippen molar-refractivity contribution in [1.82, 2.24) is 5.32 Å². The Morgan fingerprint density at radius 1 is 1.26 bits per heavy atom. The smallest absolute Gasteiger partial charge is 0.252 e. The molecule has 2 aromatic carbocycles. The number of carbonyl (C=O) groups is 1. The predicted octanol–water partition coefficient (Wildman–Crippen LogP) is 2.47. The van der Waals surface area contributed by atoms with Gasteiger partial charge in [0.2, 0.25) is 10.0 Å². The Morgan fingerprint density at radius 3 is 2.57 bits per heavy atom. The molecule has 0 saturated carbocycles.